The first-order chi connectivity index (χ1) is 15.0. The number of ether oxygens (including phenoxy) is 1. The molecule has 0 radical (unpaired) electrons. The minimum absolute atomic E-state index is 0.0446. The van der Waals surface area contributed by atoms with Gasteiger partial charge in [-0.2, -0.15) is 8.78 Å². The second-order valence-electron chi connectivity index (χ2n) is 7.35. The van der Waals surface area contributed by atoms with E-state index >= 15 is 0 Å². The van der Waals surface area contributed by atoms with E-state index in [1.165, 1.54) is 6.07 Å². The first-order valence-electron chi connectivity index (χ1n) is 9.73. The van der Waals surface area contributed by atoms with E-state index in [-0.39, 0.29) is 17.8 Å². The van der Waals surface area contributed by atoms with Crippen LogP contribution in [0.2, 0.25) is 5.02 Å². The Morgan fingerprint density at radius 2 is 1.87 bits per heavy atom. The number of aromatic nitrogens is 2. The third-order valence-electron chi connectivity index (χ3n) is 5.49. The fourth-order valence-electron chi connectivity index (χ4n) is 4.17. The Morgan fingerprint density at radius 1 is 1.10 bits per heavy atom. The number of benzene rings is 3. The molecule has 3 aromatic carbocycles. The quantitative estimate of drug-likeness (QED) is 0.319. The molecular formula is C23H17BrClF2N3O. The number of imidazole rings is 1. The summed E-state index contributed by atoms with van der Waals surface area (Å²) >= 11 is 9.54. The number of anilines is 1. The summed E-state index contributed by atoms with van der Waals surface area (Å²) in [4.78, 5) is 4.76. The van der Waals surface area contributed by atoms with Gasteiger partial charge in [0.15, 0.2) is 0 Å². The molecule has 1 aliphatic rings. The maximum Gasteiger partial charge on any atom is 0.387 e. The van der Waals surface area contributed by atoms with Crippen molar-refractivity contribution in [2.24, 2.45) is 0 Å². The number of halogens is 4. The molecule has 2 heterocycles. The van der Waals surface area contributed by atoms with E-state index in [1.807, 2.05) is 36.4 Å². The van der Waals surface area contributed by atoms with Crippen molar-refractivity contribution in [1.29, 1.82) is 0 Å². The second kappa shape index (κ2) is 8.13. The predicted molar refractivity (Wildman–Crippen MR) is 121 cm³/mol. The fraction of sp³-hybridized carbons (Fsp3) is 0.174. The molecule has 8 heteroatoms. The molecule has 158 valence electrons. The highest BCUT2D eigenvalue weighted by Crippen LogP contribution is 2.44. The summed E-state index contributed by atoms with van der Waals surface area (Å²) in [7, 11) is 0. The van der Waals surface area contributed by atoms with Gasteiger partial charge in [0.25, 0.3) is 0 Å². The fourth-order valence-corrected chi connectivity index (χ4v) is 4.60. The van der Waals surface area contributed by atoms with Gasteiger partial charge in [-0.3, -0.25) is 0 Å². The van der Waals surface area contributed by atoms with E-state index in [4.69, 9.17) is 21.3 Å². The van der Waals surface area contributed by atoms with Crippen molar-refractivity contribution >= 4 is 44.5 Å². The lowest BCUT2D eigenvalue weighted by atomic mass is 9.92. The topological polar surface area (TPSA) is 39.1 Å². The number of hydrogen-bond acceptors (Lipinski definition) is 3. The van der Waals surface area contributed by atoms with Gasteiger partial charge in [-0.1, -0.05) is 57.9 Å². The average Bonchev–Trinajstić information content (AvgIpc) is 3.12. The molecule has 0 saturated heterocycles. The molecule has 0 aliphatic carbocycles. The lowest BCUT2D eigenvalue weighted by Gasteiger charge is -2.34. The molecule has 0 spiro atoms. The first kappa shape index (κ1) is 20.3. The Labute approximate surface area is 190 Å². The molecular weight excluding hydrogens is 488 g/mol. The minimum Gasteiger partial charge on any atom is -0.434 e. The van der Waals surface area contributed by atoms with Crippen LogP contribution >= 0.6 is 27.5 Å². The molecule has 0 unspecified atom stereocenters. The Kier molecular flexibility index (Phi) is 5.32. The highest BCUT2D eigenvalue weighted by atomic mass is 79.9. The van der Waals surface area contributed by atoms with Crippen molar-refractivity contribution < 1.29 is 13.5 Å². The predicted octanol–water partition coefficient (Wildman–Crippen LogP) is 7.20. The van der Waals surface area contributed by atoms with E-state index in [9.17, 15) is 8.78 Å². The summed E-state index contributed by atoms with van der Waals surface area (Å²) in [6.45, 7) is -2.94. The van der Waals surface area contributed by atoms with Crippen LogP contribution < -0.4 is 10.1 Å². The van der Waals surface area contributed by atoms with E-state index in [1.54, 1.807) is 12.1 Å². The van der Waals surface area contributed by atoms with E-state index < -0.39 is 6.61 Å². The highest BCUT2D eigenvalue weighted by molar-refractivity contribution is 9.10. The normalized spacial score (nSPS) is 18.1. The van der Waals surface area contributed by atoms with Gasteiger partial charge in [0.05, 0.1) is 23.1 Å². The molecule has 2 atom stereocenters. The first-order valence-corrected chi connectivity index (χ1v) is 10.9. The molecule has 5 rings (SSSR count). The summed E-state index contributed by atoms with van der Waals surface area (Å²) in [6.07, 6.45) is 0.621. The van der Waals surface area contributed by atoms with Crippen molar-refractivity contribution in [1.82, 2.24) is 9.55 Å². The largest absolute Gasteiger partial charge is 0.434 e. The van der Waals surface area contributed by atoms with E-state index in [0.717, 1.165) is 21.1 Å². The van der Waals surface area contributed by atoms with Crippen LogP contribution in [0.25, 0.3) is 11.0 Å². The van der Waals surface area contributed by atoms with Crippen LogP contribution in [-0.4, -0.2) is 16.2 Å². The van der Waals surface area contributed by atoms with Gasteiger partial charge < -0.3 is 14.6 Å². The molecule has 0 bridgehead atoms. The Bertz CT molecular complexity index is 1250. The Hall–Kier alpha value is -2.64. The maximum absolute atomic E-state index is 13.1. The molecule has 1 aromatic heterocycles. The third-order valence-corrected chi connectivity index (χ3v) is 6.26. The molecule has 1 N–H and O–H groups in total. The number of nitrogens with zero attached hydrogens (tertiary/aromatic N) is 2. The molecule has 31 heavy (non-hydrogen) atoms. The number of para-hydroxylation sites is 2. The van der Waals surface area contributed by atoms with Crippen molar-refractivity contribution in [3.8, 4) is 5.75 Å². The zero-order valence-corrected chi connectivity index (χ0v) is 18.4. The van der Waals surface area contributed by atoms with Gasteiger partial charge in [0.2, 0.25) is 5.95 Å². The van der Waals surface area contributed by atoms with Crippen LogP contribution in [0, 0.1) is 0 Å². The van der Waals surface area contributed by atoms with Gasteiger partial charge in [0.1, 0.15) is 5.75 Å². The van der Waals surface area contributed by atoms with Gasteiger partial charge in [-0.05, 0) is 48.4 Å². The van der Waals surface area contributed by atoms with Crippen molar-refractivity contribution in [3.05, 3.63) is 87.4 Å². The minimum atomic E-state index is -2.94. The molecule has 4 nitrogen and oxygen atoms in total. The summed E-state index contributed by atoms with van der Waals surface area (Å²) in [5.74, 6) is 0.752. The third kappa shape index (κ3) is 3.88. The lowest BCUT2D eigenvalue weighted by molar-refractivity contribution is -0.0506. The van der Waals surface area contributed by atoms with Gasteiger partial charge in [-0.15, -0.1) is 0 Å². The van der Waals surface area contributed by atoms with Crippen molar-refractivity contribution in [3.63, 3.8) is 0 Å². The lowest BCUT2D eigenvalue weighted by Crippen LogP contribution is -2.27. The van der Waals surface area contributed by atoms with Crippen molar-refractivity contribution in [2.75, 3.05) is 5.32 Å². The SMILES string of the molecule is FC(F)Oc1cc(Cl)ccc1[C@@H]1C[C@H](c2ccc(Br)cc2)n2c(nc3ccccc32)N1. The van der Waals surface area contributed by atoms with Crippen LogP contribution in [0.15, 0.2) is 71.2 Å². The number of hydrogen-bond donors (Lipinski definition) is 1. The molecule has 0 amide bonds. The number of rotatable bonds is 4. The number of alkyl halides is 2. The highest BCUT2D eigenvalue weighted by Gasteiger charge is 2.32. The van der Waals surface area contributed by atoms with Gasteiger partial charge >= 0.3 is 6.61 Å². The van der Waals surface area contributed by atoms with Crippen LogP contribution in [0.5, 0.6) is 5.75 Å². The zero-order chi connectivity index (χ0) is 21.5. The summed E-state index contributed by atoms with van der Waals surface area (Å²) in [6, 6.07) is 20.6. The van der Waals surface area contributed by atoms with Crippen LogP contribution in [-0.2, 0) is 0 Å². The van der Waals surface area contributed by atoms with Crippen LogP contribution in [0.1, 0.15) is 29.6 Å². The summed E-state index contributed by atoms with van der Waals surface area (Å²) in [5, 5.41) is 3.76. The number of nitrogens with one attached hydrogen (secondary N) is 1. The molecule has 0 fully saturated rings. The smallest absolute Gasteiger partial charge is 0.387 e. The summed E-state index contributed by atoms with van der Waals surface area (Å²) in [5.41, 5.74) is 3.60. The Balaban J connectivity index is 1.64. The van der Waals surface area contributed by atoms with Crippen molar-refractivity contribution in [2.45, 2.75) is 25.1 Å². The maximum atomic E-state index is 13.1. The molecule has 1 aliphatic heterocycles. The zero-order valence-electron chi connectivity index (χ0n) is 16.1. The monoisotopic (exact) mass is 503 g/mol. The van der Waals surface area contributed by atoms with Gasteiger partial charge in [-0.25, -0.2) is 4.98 Å². The number of fused-ring (bicyclic) bond motifs is 3. The van der Waals surface area contributed by atoms with E-state index in [2.05, 4.69) is 37.9 Å². The van der Waals surface area contributed by atoms with Crippen LogP contribution in [0.4, 0.5) is 14.7 Å². The standard InChI is InChI=1S/C23H17BrClF2N3O/c24-14-7-5-13(6-8-14)20-12-18(16-10-9-15(25)11-21(16)31-22(26)27)29-23-28-17-3-1-2-4-19(17)30(20)23/h1-11,18,20,22H,12H2,(H,28,29)/t18-,20+/m0/s1. The Morgan fingerprint density at radius 3 is 2.65 bits per heavy atom. The summed E-state index contributed by atoms with van der Waals surface area (Å²) < 4.78 is 34.0. The second-order valence-corrected chi connectivity index (χ2v) is 8.71. The molecule has 4 aromatic rings. The average molecular weight is 505 g/mol. The van der Waals surface area contributed by atoms with Crippen LogP contribution in [0.3, 0.4) is 0 Å². The molecule has 0 saturated carbocycles. The van der Waals surface area contributed by atoms with Gasteiger partial charge in [0, 0.05) is 15.1 Å². The van der Waals surface area contributed by atoms with E-state index in [0.29, 0.717) is 23.0 Å².